The van der Waals surface area contributed by atoms with Gasteiger partial charge < -0.3 is 14.8 Å². The summed E-state index contributed by atoms with van der Waals surface area (Å²) in [5.74, 6) is 0.796. The van der Waals surface area contributed by atoms with Crippen LogP contribution in [-0.4, -0.2) is 19.8 Å². The molecule has 1 unspecified atom stereocenters. The Bertz CT molecular complexity index is 365. The second kappa shape index (κ2) is 4.21. The topological polar surface area (TPSA) is 47.6 Å². The first-order valence-electron chi connectivity index (χ1n) is 4.87. The molecule has 0 radical (unpaired) electrons. The van der Waals surface area contributed by atoms with E-state index < -0.39 is 0 Å². The number of hydrogen-bond donors (Lipinski definition) is 1. The lowest BCUT2D eigenvalue weighted by Crippen LogP contribution is -2.35. The van der Waals surface area contributed by atoms with Crippen molar-refractivity contribution in [3.63, 3.8) is 0 Å². The van der Waals surface area contributed by atoms with Gasteiger partial charge in [-0.2, -0.15) is 0 Å². The van der Waals surface area contributed by atoms with E-state index in [-0.39, 0.29) is 12.1 Å². The summed E-state index contributed by atoms with van der Waals surface area (Å²) < 4.78 is 10.1. The molecule has 1 saturated heterocycles. The fourth-order valence-corrected chi connectivity index (χ4v) is 1.71. The highest BCUT2D eigenvalue weighted by Gasteiger charge is 2.22. The number of nitrogens with one attached hydrogen (secondary N) is 1. The van der Waals surface area contributed by atoms with Gasteiger partial charge in [-0.3, -0.25) is 0 Å². The highest BCUT2D eigenvalue weighted by atomic mass is 16.6. The predicted octanol–water partition coefficient (Wildman–Crippen LogP) is 1.87. The van der Waals surface area contributed by atoms with E-state index >= 15 is 0 Å². The van der Waals surface area contributed by atoms with Gasteiger partial charge in [0.1, 0.15) is 5.75 Å². The molecule has 1 atom stereocenters. The van der Waals surface area contributed by atoms with E-state index in [1.807, 2.05) is 24.3 Å². The first-order valence-corrected chi connectivity index (χ1v) is 4.87. The van der Waals surface area contributed by atoms with Gasteiger partial charge in [0.25, 0.3) is 0 Å². The summed E-state index contributed by atoms with van der Waals surface area (Å²) in [6, 6.07) is 7.66. The van der Waals surface area contributed by atoms with Gasteiger partial charge in [0, 0.05) is 12.0 Å². The Morgan fingerprint density at radius 3 is 3.00 bits per heavy atom. The van der Waals surface area contributed by atoms with Gasteiger partial charge in [0.2, 0.25) is 0 Å². The Balaban J connectivity index is 2.24. The Morgan fingerprint density at radius 1 is 1.47 bits per heavy atom. The third kappa shape index (κ3) is 2.03. The van der Waals surface area contributed by atoms with Gasteiger partial charge in [-0.1, -0.05) is 18.2 Å². The number of benzene rings is 1. The maximum absolute atomic E-state index is 11.1. The average Bonchev–Trinajstić information content (AvgIpc) is 2.29. The fraction of sp³-hybridized carbons (Fsp3) is 0.364. The molecule has 1 aliphatic rings. The van der Waals surface area contributed by atoms with E-state index in [1.54, 1.807) is 7.11 Å². The zero-order valence-corrected chi connectivity index (χ0v) is 8.53. The monoisotopic (exact) mass is 207 g/mol. The number of alkyl carbamates (subject to hydrolysis) is 1. The highest BCUT2D eigenvalue weighted by Crippen LogP contribution is 2.28. The van der Waals surface area contributed by atoms with Gasteiger partial charge in [0.15, 0.2) is 0 Å². The quantitative estimate of drug-likeness (QED) is 0.805. The van der Waals surface area contributed by atoms with Crippen LogP contribution in [0.15, 0.2) is 24.3 Å². The van der Waals surface area contributed by atoms with Crippen molar-refractivity contribution >= 4 is 6.09 Å². The Hall–Kier alpha value is -1.71. The number of hydrogen-bond acceptors (Lipinski definition) is 3. The Morgan fingerprint density at radius 2 is 2.27 bits per heavy atom. The number of ether oxygens (including phenoxy) is 2. The molecule has 1 fully saturated rings. The number of carbonyl (C=O) groups excluding carboxylic acids is 1. The van der Waals surface area contributed by atoms with Crippen molar-refractivity contribution in [1.29, 1.82) is 0 Å². The van der Waals surface area contributed by atoms with E-state index in [0.717, 1.165) is 17.7 Å². The van der Waals surface area contributed by atoms with E-state index in [9.17, 15) is 4.79 Å². The minimum absolute atomic E-state index is 0.0117. The molecule has 0 aromatic heterocycles. The molecule has 80 valence electrons. The third-order valence-corrected chi connectivity index (χ3v) is 2.45. The molecular formula is C11H13NO3. The van der Waals surface area contributed by atoms with Gasteiger partial charge in [-0.25, -0.2) is 4.79 Å². The molecule has 1 amide bonds. The van der Waals surface area contributed by atoms with Gasteiger partial charge in [-0.05, 0) is 6.07 Å². The van der Waals surface area contributed by atoms with Gasteiger partial charge in [-0.15, -0.1) is 0 Å². The van der Waals surface area contributed by atoms with Crippen LogP contribution in [0.5, 0.6) is 5.75 Å². The largest absolute Gasteiger partial charge is 0.496 e. The second-order valence-electron chi connectivity index (χ2n) is 3.36. The van der Waals surface area contributed by atoms with E-state index in [2.05, 4.69) is 5.32 Å². The summed E-state index contributed by atoms with van der Waals surface area (Å²) >= 11 is 0. The molecule has 4 nitrogen and oxygen atoms in total. The SMILES string of the molecule is COc1ccccc1C1CCOC(=O)N1. The van der Waals surface area contributed by atoms with Crippen LogP contribution >= 0.6 is 0 Å². The summed E-state index contributed by atoms with van der Waals surface area (Å²) in [6.07, 6.45) is 0.406. The molecular weight excluding hydrogens is 194 g/mol. The summed E-state index contributed by atoms with van der Waals surface area (Å²) in [6.45, 7) is 0.453. The van der Waals surface area contributed by atoms with Crippen molar-refractivity contribution < 1.29 is 14.3 Å². The maximum atomic E-state index is 11.1. The number of amides is 1. The number of cyclic esters (lactones) is 1. The summed E-state index contributed by atoms with van der Waals surface area (Å²) in [5.41, 5.74) is 0.997. The van der Waals surface area contributed by atoms with Crippen molar-refractivity contribution in [3.8, 4) is 5.75 Å². The van der Waals surface area contributed by atoms with Gasteiger partial charge >= 0.3 is 6.09 Å². The van der Waals surface area contributed by atoms with Crippen LogP contribution in [0.25, 0.3) is 0 Å². The standard InChI is InChI=1S/C11H13NO3/c1-14-10-5-3-2-4-8(10)9-6-7-15-11(13)12-9/h2-5,9H,6-7H2,1H3,(H,12,13). The number of carbonyl (C=O) groups is 1. The summed E-state index contributed by atoms with van der Waals surface area (Å²) in [5, 5.41) is 2.77. The molecule has 0 saturated carbocycles. The fourth-order valence-electron chi connectivity index (χ4n) is 1.71. The van der Waals surface area contributed by atoms with Crippen molar-refractivity contribution in [2.75, 3.05) is 13.7 Å². The first kappa shape index (κ1) is 9.83. The summed E-state index contributed by atoms with van der Waals surface area (Å²) in [4.78, 5) is 11.1. The minimum Gasteiger partial charge on any atom is -0.496 e. The van der Waals surface area contributed by atoms with Crippen molar-refractivity contribution in [1.82, 2.24) is 5.32 Å². The normalized spacial score (nSPS) is 20.3. The number of rotatable bonds is 2. The van der Waals surface area contributed by atoms with E-state index in [0.29, 0.717) is 6.61 Å². The molecule has 0 bridgehead atoms. The number of methoxy groups -OCH3 is 1. The molecule has 1 aliphatic heterocycles. The smallest absolute Gasteiger partial charge is 0.407 e. The van der Waals surface area contributed by atoms with Gasteiger partial charge in [0.05, 0.1) is 19.8 Å². The molecule has 1 N–H and O–H groups in total. The Labute approximate surface area is 88.2 Å². The number of para-hydroxylation sites is 1. The lowest BCUT2D eigenvalue weighted by Gasteiger charge is -2.24. The molecule has 2 rings (SSSR count). The lowest BCUT2D eigenvalue weighted by molar-refractivity contribution is 0.115. The predicted molar refractivity (Wildman–Crippen MR) is 54.8 cm³/mol. The third-order valence-electron chi connectivity index (χ3n) is 2.45. The summed E-state index contributed by atoms with van der Waals surface area (Å²) in [7, 11) is 1.62. The molecule has 1 aromatic carbocycles. The van der Waals surface area contributed by atoms with Crippen LogP contribution in [0.3, 0.4) is 0 Å². The van der Waals surface area contributed by atoms with Crippen molar-refractivity contribution in [2.45, 2.75) is 12.5 Å². The van der Waals surface area contributed by atoms with Crippen LogP contribution in [0, 0.1) is 0 Å². The van der Waals surface area contributed by atoms with Crippen molar-refractivity contribution in [3.05, 3.63) is 29.8 Å². The first-order chi connectivity index (χ1) is 7.31. The maximum Gasteiger partial charge on any atom is 0.407 e. The van der Waals surface area contributed by atoms with E-state index in [4.69, 9.17) is 9.47 Å². The molecule has 1 aromatic rings. The molecule has 0 spiro atoms. The van der Waals surface area contributed by atoms with Crippen LogP contribution in [0.4, 0.5) is 4.79 Å². The zero-order chi connectivity index (χ0) is 10.7. The lowest BCUT2D eigenvalue weighted by atomic mass is 10.0. The zero-order valence-electron chi connectivity index (χ0n) is 8.53. The minimum atomic E-state index is -0.364. The molecule has 1 heterocycles. The molecule has 15 heavy (non-hydrogen) atoms. The molecule has 0 aliphatic carbocycles. The van der Waals surface area contributed by atoms with Crippen LogP contribution in [0.2, 0.25) is 0 Å². The van der Waals surface area contributed by atoms with Crippen molar-refractivity contribution in [2.24, 2.45) is 0 Å². The van der Waals surface area contributed by atoms with Crippen LogP contribution in [0.1, 0.15) is 18.0 Å². The van der Waals surface area contributed by atoms with Crippen LogP contribution < -0.4 is 10.1 Å². The second-order valence-corrected chi connectivity index (χ2v) is 3.36. The average molecular weight is 207 g/mol. The highest BCUT2D eigenvalue weighted by molar-refractivity contribution is 5.68. The Kier molecular flexibility index (Phi) is 2.76. The van der Waals surface area contributed by atoms with E-state index in [1.165, 1.54) is 0 Å². The van der Waals surface area contributed by atoms with Crippen LogP contribution in [-0.2, 0) is 4.74 Å². The molecule has 4 heteroatoms.